The molecule has 0 saturated heterocycles. The Morgan fingerprint density at radius 1 is 1.33 bits per heavy atom. The number of aliphatic hydroxyl groups is 1. The van der Waals surface area contributed by atoms with E-state index in [1.165, 1.54) is 4.90 Å². The summed E-state index contributed by atoms with van der Waals surface area (Å²) in [5, 5.41) is 9.57. The van der Waals surface area contributed by atoms with Gasteiger partial charge in [0.05, 0.1) is 12.6 Å². The fourth-order valence-corrected chi connectivity index (χ4v) is 2.23. The molecule has 2 nitrogen and oxygen atoms in total. The monoisotopic (exact) mass is 225 g/mol. The van der Waals surface area contributed by atoms with Gasteiger partial charge in [-0.1, -0.05) is 6.92 Å². The summed E-state index contributed by atoms with van der Waals surface area (Å²) in [7, 11) is 0. The second kappa shape index (κ2) is 5.16. The highest BCUT2D eigenvalue weighted by Gasteiger charge is 2.37. The summed E-state index contributed by atoms with van der Waals surface area (Å²) < 4.78 is 36.9. The fraction of sp³-hybridized carbons (Fsp3) is 1.00. The van der Waals surface area contributed by atoms with Crippen molar-refractivity contribution >= 4 is 0 Å². The Labute approximate surface area is 88.1 Å². The van der Waals surface area contributed by atoms with Crippen LogP contribution in [-0.2, 0) is 0 Å². The van der Waals surface area contributed by atoms with E-state index in [1.54, 1.807) is 0 Å². The van der Waals surface area contributed by atoms with Gasteiger partial charge < -0.3 is 5.11 Å². The molecule has 0 bridgehead atoms. The summed E-state index contributed by atoms with van der Waals surface area (Å²) in [6, 6.07) is -0.299. The highest BCUT2D eigenvalue weighted by atomic mass is 19.4. The SMILES string of the molecule is CCCN(CC(F)(F)F)[C@@H]1CCC[C@H]1O. The number of halogens is 3. The van der Waals surface area contributed by atoms with Gasteiger partial charge in [-0.15, -0.1) is 0 Å². The molecular weight excluding hydrogens is 207 g/mol. The van der Waals surface area contributed by atoms with E-state index in [-0.39, 0.29) is 6.04 Å². The number of aliphatic hydroxyl groups excluding tert-OH is 1. The molecule has 1 saturated carbocycles. The smallest absolute Gasteiger partial charge is 0.391 e. The summed E-state index contributed by atoms with van der Waals surface area (Å²) in [5.74, 6) is 0. The van der Waals surface area contributed by atoms with E-state index >= 15 is 0 Å². The molecule has 1 rings (SSSR count). The van der Waals surface area contributed by atoms with Crippen LogP contribution in [0.1, 0.15) is 32.6 Å². The minimum atomic E-state index is -4.17. The van der Waals surface area contributed by atoms with E-state index in [2.05, 4.69) is 0 Å². The van der Waals surface area contributed by atoms with E-state index in [9.17, 15) is 18.3 Å². The molecule has 0 aromatic heterocycles. The minimum Gasteiger partial charge on any atom is -0.391 e. The maximum atomic E-state index is 12.3. The molecule has 1 N–H and O–H groups in total. The Kier molecular flexibility index (Phi) is 4.40. The van der Waals surface area contributed by atoms with E-state index in [4.69, 9.17) is 0 Å². The Morgan fingerprint density at radius 2 is 2.00 bits per heavy atom. The van der Waals surface area contributed by atoms with Crippen LogP contribution in [0, 0.1) is 0 Å². The van der Waals surface area contributed by atoms with Crippen molar-refractivity contribution in [2.24, 2.45) is 0 Å². The van der Waals surface area contributed by atoms with Crippen LogP contribution < -0.4 is 0 Å². The summed E-state index contributed by atoms with van der Waals surface area (Å²) in [6.45, 7) is 1.36. The van der Waals surface area contributed by atoms with Crippen LogP contribution in [0.5, 0.6) is 0 Å². The molecule has 0 radical (unpaired) electrons. The maximum Gasteiger partial charge on any atom is 0.401 e. The Bertz CT molecular complexity index is 196. The Hall–Kier alpha value is -0.290. The van der Waals surface area contributed by atoms with E-state index in [1.807, 2.05) is 6.92 Å². The van der Waals surface area contributed by atoms with Crippen molar-refractivity contribution in [3.8, 4) is 0 Å². The highest BCUT2D eigenvalue weighted by Crippen LogP contribution is 2.27. The second-order valence-corrected chi connectivity index (χ2v) is 4.15. The van der Waals surface area contributed by atoms with Crippen molar-refractivity contribution in [3.63, 3.8) is 0 Å². The van der Waals surface area contributed by atoms with Gasteiger partial charge in [0, 0.05) is 6.04 Å². The fourth-order valence-electron chi connectivity index (χ4n) is 2.23. The van der Waals surface area contributed by atoms with Crippen LogP contribution >= 0.6 is 0 Å². The molecular formula is C10H18F3NO. The van der Waals surface area contributed by atoms with Gasteiger partial charge in [-0.05, 0) is 32.2 Å². The summed E-state index contributed by atoms with van der Waals surface area (Å²) in [5.41, 5.74) is 0. The lowest BCUT2D eigenvalue weighted by atomic mass is 10.1. The summed E-state index contributed by atoms with van der Waals surface area (Å²) >= 11 is 0. The van der Waals surface area contributed by atoms with E-state index in [0.29, 0.717) is 25.8 Å². The van der Waals surface area contributed by atoms with Gasteiger partial charge in [0.15, 0.2) is 0 Å². The third kappa shape index (κ3) is 3.99. The van der Waals surface area contributed by atoms with Gasteiger partial charge in [-0.25, -0.2) is 0 Å². The molecule has 1 aliphatic rings. The molecule has 0 heterocycles. The van der Waals surface area contributed by atoms with Crippen molar-refractivity contribution in [3.05, 3.63) is 0 Å². The first kappa shape index (κ1) is 12.8. The molecule has 0 spiro atoms. The first-order valence-corrected chi connectivity index (χ1v) is 5.43. The van der Waals surface area contributed by atoms with Crippen LogP contribution in [0.25, 0.3) is 0 Å². The molecule has 0 aliphatic heterocycles. The molecule has 5 heteroatoms. The molecule has 1 aliphatic carbocycles. The molecule has 0 amide bonds. The number of rotatable bonds is 4. The predicted molar refractivity (Wildman–Crippen MR) is 51.6 cm³/mol. The second-order valence-electron chi connectivity index (χ2n) is 4.15. The molecule has 90 valence electrons. The van der Waals surface area contributed by atoms with Crippen molar-refractivity contribution in [2.45, 2.75) is 50.9 Å². The van der Waals surface area contributed by atoms with Gasteiger partial charge in [-0.2, -0.15) is 13.2 Å². The topological polar surface area (TPSA) is 23.5 Å². The summed E-state index contributed by atoms with van der Waals surface area (Å²) in [6.07, 6.45) is -1.94. The molecule has 2 atom stereocenters. The third-order valence-electron chi connectivity index (χ3n) is 2.81. The van der Waals surface area contributed by atoms with Crippen molar-refractivity contribution < 1.29 is 18.3 Å². The van der Waals surface area contributed by atoms with Crippen LogP contribution in [0.4, 0.5) is 13.2 Å². The number of nitrogens with zero attached hydrogens (tertiary/aromatic N) is 1. The number of hydrogen-bond acceptors (Lipinski definition) is 2. The maximum absolute atomic E-state index is 12.3. The Balaban J connectivity index is 2.56. The van der Waals surface area contributed by atoms with Crippen LogP contribution in [0.2, 0.25) is 0 Å². The average Bonchev–Trinajstić information content (AvgIpc) is 2.48. The largest absolute Gasteiger partial charge is 0.401 e. The highest BCUT2D eigenvalue weighted by molar-refractivity contribution is 4.86. The Morgan fingerprint density at radius 3 is 2.40 bits per heavy atom. The summed E-state index contributed by atoms with van der Waals surface area (Å²) in [4.78, 5) is 1.37. The molecule has 0 aromatic carbocycles. The zero-order valence-corrected chi connectivity index (χ0v) is 8.93. The zero-order chi connectivity index (χ0) is 11.5. The van der Waals surface area contributed by atoms with Gasteiger partial charge in [-0.3, -0.25) is 4.90 Å². The molecule has 1 fully saturated rings. The standard InChI is InChI=1S/C10H18F3NO/c1-2-6-14(7-10(11,12)13)8-4-3-5-9(8)15/h8-9,15H,2-7H2,1H3/t8-,9-/m1/s1. The van der Waals surface area contributed by atoms with Gasteiger partial charge in [0.2, 0.25) is 0 Å². The van der Waals surface area contributed by atoms with Gasteiger partial charge >= 0.3 is 6.18 Å². The average molecular weight is 225 g/mol. The lowest BCUT2D eigenvalue weighted by Crippen LogP contribution is -2.45. The first-order chi connectivity index (χ1) is 6.94. The van der Waals surface area contributed by atoms with Crippen molar-refractivity contribution in [1.82, 2.24) is 4.90 Å². The van der Waals surface area contributed by atoms with Crippen molar-refractivity contribution in [2.75, 3.05) is 13.1 Å². The third-order valence-corrected chi connectivity index (χ3v) is 2.81. The number of hydrogen-bond donors (Lipinski definition) is 1. The quantitative estimate of drug-likeness (QED) is 0.792. The van der Waals surface area contributed by atoms with Crippen LogP contribution in [-0.4, -0.2) is 41.4 Å². The lowest BCUT2D eigenvalue weighted by Gasteiger charge is -2.31. The van der Waals surface area contributed by atoms with E-state index < -0.39 is 18.8 Å². The zero-order valence-electron chi connectivity index (χ0n) is 8.93. The predicted octanol–water partition coefficient (Wildman–Crippen LogP) is 2.17. The lowest BCUT2D eigenvalue weighted by molar-refractivity contribution is -0.154. The molecule has 15 heavy (non-hydrogen) atoms. The van der Waals surface area contributed by atoms with Gasteiger partial charge in [0.25, 0.3) is 0 Å². The molecule has 0 aromatic rings. The van der Waals surface area contributed by atoms with Gasteiger partial charge in [0.1, 0.15) is 0 Å². The van der Waals surface area contributed by atoms with Crippen molar-refractivity contribution in [1.29, 1.82) is 0 Å². The van der Waals surface area contributed by atoms with Crippen LogP contribution in [0.15, 0.2) is 0 Å². The van der Waals surface area contributed by atoms with E-state index in [0.717, 1.165) is 6.42 Å². The minimum absolute atomic E-state index is 0.299. The number of alkyl halides is 3. The van der Waals surface area contributed by atoms with Crippen LogP contribution in [0.3, 0.4) is 0 Å². The normalized spacial score (nSPS) is 27.6. The molecule has 0 unspecified atom stereocenters. The first-order valence-electron chi connectivity index (χ1n) is 5.43.